The maximum absolute atomic E-state index is 5.19. The number of nitrogens with zero attached hydrogens (tertiary/aromatic N) is 2. The molecule has 7 aromatic carbocycles. The van der Waals surface area contributed by atoms with Crippen LogP contribution in [0.2, 0.25) is 0 Å². The lowest BCUT2D eigenvalue weighted by molar-refractivity contribution is 0.855. The first-order chi connectivity index (χ1) is 27.7. The quantitative estimate of drug-likeness (QED) is 0.154. The van der Waals surface area contributed by atoms with Gasteiger partial charge in [-0.05, 0) is 86.5 Å². The molecule has 1 unspecified atom stereocenters. The maximum atomic E-state index is 5.19. The molecule has 2 heterocycles. The number of rotatable bonds is 7. The van der Waals surface area contributed by atoms with Gasteiger partial charge in [0, 0.05) is 28.0 Å². The lowest BCUT2D eigenvalue weighted by Crippen LogP contribution is -2.01. The molecule has 264 valence electrons. The van der Waals surface area contributed by atoms with Gasteiger partial charge in [0.25, 0.3) is 0 Å². The predicted octanol–water partition coefficient (Wildman–Crippen LogP) is 14.2. The zero-order valence-electron chi connectivity index (χ0n) is 30.9. The minimum Gasteiger partial charge on any atom is -0.248 e. The summed E-state index contributed by atoms with van der Waals surface area (Å²) < 4.78 is 0. The fraction of sp³-hybridized carbons (Fsp3) is 0.0370. The van der Waals surface area contributed by atoms with E-state index in [4.69, 9.17) is 9.97 Å². The average Bonchev–Trinajstić information content (AvgIpc) is 3.29. The highest BCUT2D eigenvalue weighted by atomic mass is 14.7. The van der Waals surface area contributed by atoms with E-state index in [1.807, 2.05) is 0 Å². The zero-order valence-corrected chi connectivity index (χ0v) is 30.9. The molecular weight excluding hydrogens is 677 g/mol. The van der Waals surface area contributed by atoms with Crippen LogP contribution in [0.5, 0.6) is 0 Å². The number of fused-ring (bicyclic) bond motifs is 3. The molecular formula is C54H38N2. The summed E-state index contributed by atoms with van der Waals surface area (Å²) in [5, 5.41) is 3.61. The third-order valence-electron chi connectivity index (χ3n) is 11.0. The Labute approximate surface area is 327 Å². The smallest absolute Gasteiger partial charge is 0.0722 e. The standard InChI is InChI=1S/C54H38N2/c1-5-13-37(14-6-1)38-25-27-44(28-26-38)52-35-47(34-51(56-52)42-17-9-3-10-18-42)40-23-21-39(22-24-40)45-29-31-48-46(33-45)30-32-50-54(48)49(41-15-7-2-8-16-41)36-53(55-50)43-19-11-4-12-20-43/h1-23,25-36,40H,24H2. The Bertz CT molecular complexity index is 2890. The fourth-order valence-corrected chi connectivity index (χ4v) is 8.06. The summed E-state index contributed by atoms with van der Waals surface area (Å²) in [5.74, 6) is 0.245. The summed E-state index contributed by atoms with van der Waals surface area (Å²) in [5.41, 5.74) is 15.9. The molecule has 0 N–H and O–H groups in total. The molecule has 1 aliphatic rings. The van der Waals surface area contributed by atoms with E-state index >= 15 is 0 Å². The van der Waals surface area contributed by atoms with Gasteiger partial charge >= 0.3 is 0 Å². The second-order valence-corrected chi connectivity index (χ2v) is 14.5. The van der Waals surface area contributed by atoms with Crippen molar-refractivity contribution in [1.82, 2.24) is 9.97 Å². The Morgan fingerprint density at radius 2 is 0.929 bits per heavy atom. The summed E-state index contributed by atoms with van der Waals surface area (Å²) in [6.07, 6.45) is 7.98. The first kappa shape index (κ1) is 33.4. The van der Waals surface area contributed by atoms with Crippen molar-refractivity contribution >= 4 is 27.2 Å². The van der Waals surface area contributed by atoms with Gasteiger partial charge in [-0.3, -0.25) is 0 Å². The lowest BCUT2D eigenvalue weighted by atomic mass is 9.86. The second kappa shape index (κ2) is 14.6. The van der Waals surface area contributed by atoms with Gasteiger partial charge in [0.1, 0.15) is 0 Å². The van der Waals surface area contributed by atoms with Crippen molar-refractivity contribution in [2.75, 3.05) is 0 Å². The zero-order chi connectivity index (χ0) is 37.3. The van der Waals surface area contributed by atoms with Gasteiger partial charge in [0.15, 0.2) is 0 Å². The number of pyridine rings is 2. The van der Waals surface area contributed by atoms with E-state index < -0.39 is 0 Å². The maximum Gasteiger partial charge on any atom is 0.0722 e. The molecule has 1 atom stereocenters. The number of hydrogen-bond donors (Lipinski definition) is 0. The van der Waals surface area contributed by atoms with Crippen LogP contribution < -0.4 is 0 Å². The van der Waals surface area contributed by atoms with Gasteiger partial charge in [0.05, 0.1) is 22.6 Å². The Morgan fingerprint density at radius 1 is 0.411 bits per heavy atom. The third-order valence-corrected chi connectivity index (χ3v) is 11.0. The average molecular weight is 715 g/mol. The Hall–Kier alpha value is -7.16. The SMILES string of the molecule is C1=CC(c2cc(-c3ccccc3)nc(-c3ccc(-c4ccccc4)cc3)c2)CC=C1c1ccc2c(ccc3nc(-c4ccccc4)cc(-c4ccccc4)c32)c1. The van der Waals surface area contributed by atoms with Crippen LogP contribution in [-0.2, 0) is 0 Å². The van der Waals surface area contributed by atoms with Crippen molar-refractivity contribution in [3.05, 3.63) is 223 Å². The van der Waals surface area contributed by atoms with Gasteiger partial charge in [-0.2, -0.15) is 0 Å². The van der Waals surface area contributed by atoms with E-state index in [9.17, 15) is 0 Å². The molecule has 0 aliphatic heterocycles. The number of allylic oxidation sites excluding steroid dienone is 4. The van der Waals surface area contributed by atoms with Gasteiger partial charge in [-0.15, -0.1) is 0 Å². The molecule has 0 amide bonds. The molecule has 2 heteroatoms. The van der Waals surface area contributed by atoms with Crippen LogP contribution in [0.4, 0.5) is 0 Å². The summed E-state index contributed by atoms with van der Waals surface area (Å²) >= 11 is 0. The van der Waals surface area contributed by atoms with Crippen LogP contribution in [0, 0.1) is 0 Å². The van der Waals surface area contributed by atoms with Crippen LogP contribution in [0.1, 0.15) is 23.5 Å². The molecule has 9 aromatic rings. The first-order valence-electron chi connectivity index (χ1n) is 19.3. The van der Waals surface area contributed by atoms with Crippen molar-refractivity contribution in [3.8, 4) is 56.0 Å². The van der Waals surface area contributed by atoms with Gasteiger partial charge < -0.3 is 0 Å². The van der Waals surface area contributed by atoms with E-state index in [1.165, 1.54) is 55.1 Å². The van der Waals surface area contributed by atoms with Crippen LogP contribution in [0.15, 0.2) is 212 Å². The van der Waals surface area contributed by atoms with Crippen molar-refractivity contribution < 1.29 is 0 Å². The Kier molecular flexibility index (Phi) is 8.70. The molecule has 0 bridgehead atoms. The normalized spacial score (nSPS) is 13.9. The van der Waals surface area contributed by atoms with Gasteiger partial charge in [-0.1, -0.05) is 182 Å². The van der Waals surface area contributed by atoms with E-state index in [-0.39, 0.29) is 5.92 Å². The molecule has 0 saturated carbocycles. The van der Waals surface area contributed by atoms with E-state index in [2.05, 4.69) is 212 Å². The van der Waals surface area contributed by atoms with Crippen LogP contribution >= 0.6 is 0 Å². The predicted molar refractivity (Wildman–Crippen MR) is 235 cm³/mol. The number of aromatic nitrogens is 2. The molecule has 2 nitrogen and oxygen atoms in total. The van der Waals surface area contributed by atoms with Crippen LogP contribution in [0.3, 0.4) is 0 Å². The summed E-state index contributed by atoms with van der Waals surface area (Å²) in [7, 11) is 0. The Balaban J connectivity index is 0.981. The van der Waals surface area contributed by atoms with E-state index in [0.29, 0.717) is 0 Å². The molecule has 56 heavy (non-hydrogen) atoms. The highest BCUT2D eigenvalue weighted by Gasteiger charge is 2.18. The van der Waals surface area contributed by atoms with Crippen molar-refractivity contribution in [3.63, 3.8) is 0 Å². The Morgan fingerprint density at radius 3 is 1.54 bits per heavy atom. The minimum absolute atomic E-state index is 0.245. The molecule has 0 fully saturated rings. The fourth-order valence-electron chi connectivity index (χ4n) is 8.06. The van der Waals surface area contributed by atoms with Gasteiger partial charge in [0.2, 0.25) is 0 Å². The molecule has 1 aliphatic carbocycles. The van der Waals surface area contributed by atoms with Crippen LogP contribution in [0.25, 0.3) is 83.3 Å². The molecule has 0 spiro atoms. The molecule has 2 aromatic heterocycles. The molecule has 0 radical (unpaired) electrons. The highest BCUT2D eigenvalue weighted by Crippen LogP contribution is 2.39. The summed E-state index contributed by atoms with van der Waals surface area (Å²) in [4.78, 5) is 10.4. The largest absolute Gasteiger partial charge is 0.248 e. The van der Waals surface area contributed by atoms with Crippen molar-refractivity contribution in [2.45, 2.75) is 12.3 Å². The summed E-state index contributed by atoms with van der Waals surface area (Å²) in [6, 6.07) is 69.1. The highest BCUT2D eigenvalue weighted by molar-refractivity contribution is 6.14. The summed E-state index contributed by atoms with van der Waals surface area (Å²) in [6.45, 7) is 0. The number of hydrogen-bond acceptors (Lipinski definition) is 2. The minimum atomic E-state index is 0.245. The van der Waals surface area contributed by atoms with Crippen LogP contribution in [-0.4, -0.2) is 9.97 Å². The lowest BCUT2D eigenvalue weighted by Gasteiger charge is -2.19. The molecule has 10 rings (SSSR count). The van der Waals surface area contributed by atoms with E-state index in [0.717, 1.165) is 45.7 Å². The van der Waals surface area contributed by atoms with Gasteiger partial charge in [-0.25, -0.2) is 9.97 Å². The van der Waals surface area contributed by atoms with Crippen molar-refractivity contribution in [2.24, 2.45) is 0 Å². The van der Waals surface area contributed by atoms with Crippen molar-refractivity contribution in [1.29, 1.82) is 0 Å². The first-order valence-corrected chi connectivity index (χ1v) is 19.3. The number of benzene rings is 7. The van der Waals surface area contributed by atoms with E-state index in [1.54, 1.807) is 0 Å². The topological polar surface area (TPSA) is 25.8 Å². The second-order valence-electron chi connectivity index (χ2n) is 14.5. The monoisotopic (exact) mass is 714 g/mol. The molecule has 0 saturated heterocycles. The third kappa shape index (κ3) is 6.52.